The Morgan fingerprint density at radius 3 is 2.21 bits per heavy atom. The van der Waals surface area contributed by atoms with E-state index < -0.39 is 0 Å². The van der Waals surface area contributed by atoms with Crippen LogP contribution in [-0.2, 0) is 9.53 Å². The van der Waals surface area contributed by atoms with E-state index in [1.807, 2.05) is 12.1 Å². The lowest BCUT2D eigenvalue weighted by Gasteiger charge is -2.14. The first kappa shape index (κ1) is 22.4. The molecule has 152 valence electrons. The minimum atomic E-state index is -0.0858. The van der Waals surface area contributed by atoms with E-state index in [0.717, 1.165) is 29.9 Å². The molecule has 28 heavy (non-hydrogen) atoms. The van der Waals surface area contributed by atoms with Crippen LogP contribution in [0.2, 0.25) is 0 Å². The number of esters is 1. The topological polar surface area (TPSA) is 35.5 Å². The van der Waals surface area contributed by atoms with E-state index in [1.165, 1.54) is 23.3 Å². The van der Waals surface area contributed by atoms with Gasteiger partial charge in [-0.05, 0) is 47.7 Å². The highest BCUT2D eigenvalue weighted by Crippen LogP contribution is 2.26. The number of carbonyl (C=O) groups excluding carboxylic acids is 1. The number of hydrogen-bond acceptors (Lipinski definition) is 4. The van der Waals surface area contributed by atoms with Gasteiger partial charge in [-0.1, -0.05) is 57.4 Å². The average molecular weight is 401 g/mol. The minimum absolute atomic E-state index is 0.0858. The number of ether oxygens (including phenoxy) is 2. The molecule has 3 nitrogen and oxygen atoms in total. The second-order valence-electron chi connectivity index (χ2n) is 6.95. The number of unbranched alkanes of at least 4 members (excludes halogenated alkanes) is 1. The van der Waals surface area contributed by atoms with Crippen LogP contribution in [0.4, 0.5) is 0 Å². The molecule has 0 heterocycles. The maximum absolute atomic E-state index is 12.0. The molecule has 0 radical (unpaired) electrons. The molecule has 0 bridgehead atoms. The minimum Gasteiger partial charge on any atom is -0.497 e. The number of thioether (sulfide) groups is 1. The van der Waals surface area contributed by atoms with E-state index >= 15 is 0 Å². The fraction of sp³-hybridized carbons (Fsp3) is 0.458. The Labute approximate surface area is 173 Å². The molecule has 0 spiro atoms. The van der Waals surface area contributed by atoms with E-state index in [-0.39, 0.29) is 5.97 Å². The molecule has 4 heteroatoms. The Morgan fingerprint density at radius 1 is 1.00 bits per heavy atom. The normalized spacial score (nSPS) is 11.8. The molecule has 0 saturated carbocycles. The van der Waals surface area contributed by atoms with Crippen LogP contribution in [0, 0.1) is 5.92 Å². The van der Waals surface area contributed by atoms with Gasteiger partial charge in [0.15, 0.2) is 0 Å². The second kappa shape index (κ2) is 12.5. The highest BCUT2D eigenvalue weighted by Gasteiger charge is 2.10. The third kappa shape index (κ3) is 7.59. The van der Waals surface area contributed by atoms with Gasteiger partial charge in [-0.15, -0.1) is 11.8 Å². The van der Waals surface area contributed by atoms with E-state index in [0.29, 0.717) is 18.9 Å². The number of methoxy groups -OCH3 is 1. The molecule has 0 aromatic heterocycles. The van der Waals surface area contributed by atoms with Crippen LogP contribution < -0.4 is 4.74 Å². The molecule has 0 saturated heterocycles. The van der Waals surface area contributed by atoms with Crippen LogP contribution in [0.15, 0.2) is 53.4 Å². The van der Waals surface area contributed by atoms with Gasteiger partial charge in [-0.3, -0.25) is 4.79 Å². The Balaban J connectivity index is 1.73. The average Bonchev–Trinajstić information content (AvgIpc) is 2.74. The van der Waals surface area contributed by atoms with E-state index in [2.05, 4.69) is 50.2 Å². The molecule has 0 aliphatic rings. The zero-order chi connectivity index (χ0) is 20.2. The molecule has 2 aromatic carbocycles. The van der Waals surface area contributed by atoms with Crippen molar-refractivity contribution in [1.29, 1.82) is 0 Å². The summed E-state index contributed by atoms with van der Waals surface area (Å²) in [6, 6.07) is 16.5. The van der Waals surface area contributed by atoms with Gasteiger partial charge in [0.2, 0.25) is 0 Å². The van der Waals surface area contributed by atoms with Crippen molar-refractivity contribution < 1.29 is 14.3 Å². The third-order valence-electron chi connectivity index (χ3n) is 4.88. The van der Waals surface area contributed by atoms with Crippen molar-refractivity contribution in [2.24, 2.45) is 5.92 Å². The van der Waals surface area contributed by atoms with Crippen molar-refractivity contribution in [3.8, 4) is 16.9 Å². The molecule has 0 aliphatic heterocycles. The number of hydrogen-bond donors (Lipinski definition) is 0. The summed E-state index contributed by atoms with van der Waals surface area (Å²) in [6.07, 6.45) is 5.07. The van der Waals surface area contributed by atoms with Crippen molar-refractivity contribution >= 4 is 17.7 Å². The summed E-state index contributed by atoms with van der Waals surface area (Å²) in [7, 11) is 1.67. The van der Waals surface area contributed by atoms with Gasteiger partial charge in [0, 0.05) is 10.6 Å². The van der Waals surface area contributed by atoms with Crippen molar-refractivity contribution in [2.75, 3.05) is 19.5 Å². The smallest absolute Gasteiger partial charge is 0.306 e. The summed E-state index contributed by atoms with van der Waals surface area (Å²) in [6.45, 7) is 4.93. The molecule has 2 aromatic rings. The maximum atomic E-state index is 12.0. The highest BCUT2D eigenvalue weighted by atomic mass is 32.2. The highest BCUT2D eigenvalue weighted by molar-refractivity contribution is 7.99. The third-order valence-corrected chi connectivity index (χ3v) is 5.89. The summed E-state index contributed by atoms with van der Waals surface area (Å²) >= 11 is 1.69. The Hall–Kier alpha value is -1.94. The van der Waals surface area contributed by atoms with Crippen LogP contribution in [-0.4, -0.2) is 25.4 Å². The van der Waals surface area contributed by atoms with Crippen molar-refractivity contribution in [2.45, 2.75) is 50.8 Å². The van der Waals surface area contributed by atoms with Gasteiger partial charge >= 0.3 is 5.97 Å². The monoisotopic (exact) mass is 400 g/mol. The fourth-order valence-electron chi connectivity index (χ4n) is 2.96. The summed E-state index contributed by atoms with van der Waals surface area (Å²) in [5.41, 5.74) is 2.33. The van der Waals surface area contributed by atoms with Gasteiger partial charge in [-0.2, -0.15) is 0 Å². The van der Waals surface area contributed by atoms with Crippen molar-refractivity contribution in [3.63, 3.8) is 0 Å². The maximum Gasteiger partial charge on any atom is 0.306 e. The summed E-state index contributed by atoms with van der Waals surface area (Å²) < 4.78 is 10.7. The van der Waals surface area contributed by atoms with Crippen LogP contribution in [0.5, 0.6) is 5.75 Å². The lowest BCUT2D eigenvalue weighted by molar-refractivity contribution is -0.144. The van der Waals surface area contributed by atoms with Crippen LogP contribution >= 0.6 is 11.8 Å². The Bertz CT molecular complexity index is 695. The number of rotatable bonds is 12. The lowest BCUT2D eigenvalue weighted by atomic mass is 10.0. The first-order valence-corrected chi connectivity index (χ1v) is 11.2. The lowest BCUT2D eigenvalue weighted by Crippen LogP contribution is -2.14. The molecular formula is C24H32O3S. The predicted molar refractivity (Wildman–Crippen MR) is 118 cm³/mol. The Kier molecular flexibility index (Phi) is 9.98. The molecule has 0 aliphatic carbocycles. The quantitative estimate of drug-likeness (QED) is 0.297. The van der Waals surface area contributed by atoms with Gasteiger partial charge in [-0.25, -0.2) is 0 Å². The summed E-state index contributed by atoms with van der Waals surface area (Å²) in [5.74, 6) is 2.02. The standard InChI is InChI=1S/C24H32O3S/c1-4-6-7-19(5-2)18-27-24(25)16-17-28-23-14-10-21(11-15-23)20-8-12-22(26-3)13-9-20/h8-15,19H,4-7,16-18H2,1-3H3. The van der Waals surface area contributed by atoms with Gasteiger partial charge in [0.25, 0.3) is 0 Å². The number of carbonyl (C=O) groups is 1. The van der Waals surface area contributed by atoms with E-state index in [4.69, 9.17) is 9.47 Å². The van der Waals surface area contributed by atoms with Crippen molar-refractivity contribution in [3.05, 3.63) is 48.5 Å². The first-order chi connectivity index (χ1) is 13.7. The number of benzene rings is 2. The van der Waals surface area contributed by atoms with Gasteiger partial charge in [0.1, 0.15) is 5.75 Å². The fourth-order valence-corrected chi connectivity index (χ4v) is 3.79. The largest absolute Gasteiger partial charge is 0.497 e. The zero-order valence-corrected chi connectivity index (χ0v) is 18.1. The SMILES string of the molecule is CCCCC(CC)COC(=O)CCSc1ccc(-c2ccc(OC)cc2)cc1. The molecule has 2 rings (SSSR count). The summed E-state index contributed by atoms with van der Waals surface area (Å²) in [5, 5.41) is 0. The predicted octanol–water partition coefficient (Wildman–Crippen LogP) is 6.60. The van der Waals surface area contributed by atoms with E-state index in [1.54, 1.807) is 18.9 Å². The zero-order valence-electron chi connectivity index (χ0n) is 17.3. The van der Waals surface area contributed by atoms with Gasteiger partial charge < -0.3 is 9.47 Å². The van der Waals surface area contributed by atoms with Crippen LogP contribution in [0.25, 0.3) is 11.1 Å². The molecular weight excluding hydrogens is 368 g/mol. The molecule has 0 fully saturated rings. The Morgan fingerprint density at radius 2 is 1.64 bits per heavy atom. The van der Waals surface area contributed by atoms with Gasteiger partial charge in [0.05, 0.1) is 20.1 Å². The molecule has 1 atom stereocenters. The van der Waals surface area contributed by atoms with Crippen LogP contribution in [0.3, 0.4) is 0 Å². The second-order valence-corrected chi connectivity index (χ2v) is 8.12. The molecule has 1 unspecified atom stereocenters. The molecule has 0 amide bonds. The summed E-state index contributed by atoms with van der Waals surface area (Å²) in [4.78, 5) is 13.1. The van der Waals surface area contributed by atoms with Crippen molar-refractivity contribution in [1.82, 2.24) is 0 Å². The first-order valence-electron chi connectivity index (χ1n) is 10.2. The molecule has 0 N–H and O–H groups in total. The van der Waals surface area contributed by atoms with E-state index in [9.17, 15) is 4.79 Å². The van der Waals surface area contributed by atoms with Crippen LogP contribution in [0.1, 0.15) is 46.0 Å².